The second-order valence-corrected chi connectivity index (χ2v) is 3.48. The first kappa shape index (κ1) is 11.3. The van der Waals surface area contributed by atoms with Crippen LogP contribution in [-0.4, -0.2) is 5.11 Å². The van der Waals surface area contributed by atoms with E-state index >= 15 is 0 Å². The van der Waals surface area contributed by atoms with Crippen molar-refractivity contribution in [1.82, 2.24) is 0 Å². The van der Waals surface area contributed by atoms with Crippen molar-refractivity contribution >= 4 is 0 Å². The number of hydrogen-bond acceptors (Lipinski definition) is 1. The Morgan fingerprint density at radius 2 is 2.08 bits per heavy atom. The first-order valence-corrected chi connectivity index (χ1v) is 4.65. The van der Waals surface area contributed by atoms with Gasteiger partial charge < -0.3 is 5.11 Å². The Bertz CT molecular complexity index is 166. The summed E-state index contributed by atoms with van der Waals surface area (Å²) < 4.78 is 0. The maximum atomic E-state index is 9.39. The standard InChI is InChI=1S/C11H20O/c1-5-10(11(12)6-2)8-7-9(3)4/h6,9,12H,2,5,7-8H2,1,3-4H3. The first-order chi connectivity index (χ1) is 5.61. The van der Waals surface area contributed by atoms with Gasteiger partial charge in [-0.2, -0.15) is 0 Å². The lowest BCUT2D eigenvalue weighted by molar-refractivity contribution is 0.417. The summed E-state index contributed by atoms with van der Waals surface area (Å²) in [5.74, 6) is 1.07. The smallest absolute Gasteiger partial charge is 0.114 e. The number of aliphatic hydroxyl groups is 1. The van der Waals surface area contributed by atoms with Gasteiger partial charge in [0.25, 0.3) is 0 Å². The molecular formula is C11H20O. The topological polar surface area (TPSA) is 20.2 Å². The number of hydrogen-bond donors (Lipinski definition) is 1. The summed E-state index contributed by atoms with van der Waals surface area (Å²) in [7, 11) is 0. The van der Waals surface area contributed by atoms with Crippen molar-refractivity contribution in [2.75, 3.05) is 0 Å². The van der Waals surface area contributed by atoms with Gasteiger partial charge in [0.15, 0.2) is 0 Å². The Morgan fingerprint density at radius 1 is 1.50 bits per heavy atom. The summed E-state index contributed by atoms with van der Waals surface area (Å²) >= 11 is 0. The molecule has 0 aliphatic rings. The van der Waals surface area contributed by atoms with E-state index in [1.54, 1.807) is 0 Å². The van der Waals surface area contributed by atoms with Gasteiger partial charge in [-0.3, -0.25) is 0 Å². The van der Waals surface area contributed by atoms with Crippen LogP contribution in [0, 0.1) is 5.92 Å². The van der Waals surface area contributed by atoms with E-state index in [0.717, 1.165) is 24.8 Å². The third kappa shape index (κ3) is 4.22. The zero-order chi connectivity index (χ0) is 9.56. The van der Waals surface area contributed by atoms with E-state index in [9.17, 15) is 5.11 Å². The van der Waals surface area contributed by atoms with Gasteiger partial charge in [-0.15, -0.1) is 0 Å². The van der Waals surface area contributed by atoms with Gasteiger partial charge >= 0.3 is 0 Å². The van der Waals surface area contributed by atoms with E-state index < -0.39 is 0 Å². The van der Waals surface area contributed by atoms with Crippen molar-refractivity contribution < 1.29 is 5.11 Å². The molecule has 12 heavy (non-hydrogen) atoms. The summed E-state index contributed by atoms with van der Waals surface area (Å²) in [6, 6.07) is 0. The van der Waals surface area contributed by atoms with Gasteiger partial charge in [-0.25, -0.2) is 0 Å². The molecule has 1 heteroatoms. The van der Waals surface area contributed by atoms with E-state index in [-0.39, 0.29) is 0 Å². The average molecular weight is 168 g/mol. The zero-order valence-corrected chi connectivity index (χ0v) is 8.43. The molecule has 0 saturated carbocycles. The highest BCUT2D eigenvalue weighted by molar-refractivity contribution is 5.16. The van der Waals surface area contributed by atoms with Crippen LogP contribution in [0.3, 0.4) is 0 Å². The third-order valence-electron chi connectivity index (χ3n) is 2.01. The Hall–Kier alpha value is -0.720. The molecule has 0 aromatic rings. The fourth-order valence-electron chi connectivity index (χ4n) is 1.09. The largest absolute Gasteiger partial charge is 0.508 e. The van der Waals surface area contributed by atoms with Crippen LogP contribution in [0.2, 0.25) is 0 Å². The fraction of sp³-hybridized carbons (Fsp3) is 0.636. The van der Waals surface area contributed by atoms with Crippen molar-refractivity contribution in [2.45, 2.75) is 40.0 Å². The van der Waals surface area contributed by atoms with Gasteiger partial charge in [-0.05, 0) is 36.8 Å². The molecule has 0 amide bonds. The molecular weight excluding hydrogens is 148 g/mol. The van der Waals surface area contributed by atoms with Gasteiger partial charge in [-0.1, -0.05) is 27.4 Å². The van der Waals surface area contributed by atoms with Crippen LogP contribution in [0.4, 0.5) is 0 Å². The van der Waals surface area contributed by atoms with Crippen LogP contribution in [0.5, 0.6) is 0 Å². The summed E-state index contributed by atoms with van der Waals surface area (Å²) in [5.41, 5.74) is 1.12. The molecule has 0 rings (SSSR count). The molecule has 0 aliphatic carbocycles. The summed E-state index contributed by atoms with van der Waals surface area (Å²) in [5, 5.41) is 9.39. The molecule has 0 atom stereocenters. The minimum atomic E-state index is 0.373. The van der Waals surface area contributed by atoms with Gasteiger partial charge in [0.1, 0.15) is 5.76 Å². The summed E-state index contributed by atoms with van der Waals surface area (Å²) in [4.78, 5) is 0. The molecule has 0 heterocycles. The third-order valence-corrected chi connectivity index (χ3v) is 2.01. The van der Waals surface area contributed by atoms with Gasteiger partial charge in [0, 0.05) is 0 Å². The fourth-order valence-corrected chi connectivity index (χ4v) is 1.09. The number of allylic oxidation sites excluding steroid dienone is 2. The van der Waals surface area contributed by atoms with Crippen molar-refractivity contribution in [3.05, 3.63) is 24.0 Å². The van der Waals surface area contributed by atoms with Gasteiger partial charge in [0.2, 0.25) is 0 Å². The highest BCUT2D eigenvalue weighted by Gasteiger charge is 2.02. The molecule has 1 N–H and O–H groups in total. The van der Waals surface area contributed by atoms with E-state index in [0.29, 0.717) is 11.7 Å². The predicted molar refractivity (Wildman–Crippen MR) is 54.2 cm³/mol. The molecule has 0 aromatic heterocycles. The number of rotatable bonds is 5. The lowest BCUT2D eigenvalue weighted by Gasteiger charge is -2.08. The molecule has 70 valence electrons. The molecule has 0 saturated heterocycles. The van der Waals surface area contributed by atoms with Gasteiger partial charge in [0.05, 0.1) is 0 Å². The Kier molecular flexibility index (Phi) is 5.52. The Labute approximate surface area is 75.8 Å². The van der Waals surface area contributed by atoms with Crippen LogP contribution >= 0.6 is 0 Å². The van der Waals surface area contributed by atoms with E-state index in [1.165, 1.54) is 6.08 Å². The monoisotopic (exact) mass is 168 g/mol. The molecule has 0 fully saturated rings. The van der Waals surface area contributed by atoms with Crippen LogP contribution in [0.15, 0.2) is 24.0 Å². The van der Waals surface area contributed by atoms with Crippen molar-refractivity contribution in [3.63, 3.8) is 0 Å². The Balaban J connectivity index is 4.08. The van der Waals surface area contributed by atoms with Crippen LogP contribution in [0.1, 0.15) is 40.0 Å². The minimum absolute atomic E-state index is 0.373. The molecule has 1 nitrogen and oxygen atoms in total. The summed E-state index contributed by atoms with van der Waals surface area (Å²) in [6.07, 6.45) is 4.58. The minimum Gasteiger partial charge on any atom is -0.508 e. The molecule has 0 aliphatic heterocycles. The molecule has 0 aromatic carbocycles. The lowest BCUT2D eigenvalue weighted by atomic mass is 10.0. The zero-order valence-electron chi connectivity index (χ0n) is 8.43. The maximum Gasteiger partial charge on any atom is 0.114 e. The number of aliphatic hydroxyl groups excluding tert-OH is 1. The molecule has 0 radical (unpaired) electrons. The first-order valence-electron chi connectivity index (χ1n) is 4.65. The summed E-state index contributed by atoms with van der Waals surface area (Å²) in [6.45, 7) is 10.00. The maximum absolute atomic E-state index is 9.39. The van der Waals surface area contributed by atoms with E-state index in [2.05, 4.69) is 27.4 Å². The highest BCUT2D eigenvalue weighted by Crippen LogP contribution is 2.17. The Morgan fingerprint density at radius 3 is 2.42 bits per heavy atom. The lowest BCUT2D eigenvalue weighted by Crippen LogP contribution is -1.92. The van der Waals surface area contributed by atoms with Crippen molar-refractivity contribution in [2.24, 2.45) is 5.92 Å². The van der Waals surface area contributed by atoms with Crippen molar-refractivity contribution in [1.29, 1.82) is 0 Å². The second kappa shape index (κ2) is 5.87. The molecule has 0 bridgehead atoms. The quantitative estimate of drug-likeness (QED) is 0.488. The van der Waals surface area contributed by atoms with E-state index in [1.807, 2.05) is 0 Å². The highest BCUT2D eigenvalue weighted by atomic mass is 16.3. The second-order valence-electron chi connectivity index (χ2n) is 3.48. The van der Waals surface area contributed by atoms with Crippen molar-refractivity contribution in [3.8, 4) is 0 Å². The average Bonchev–Trinajstić information content (AvgIpc) is 2.04. The predicted octanol–water partition coefficient (Wildman–Crippen LogP) is 3.83. The molecule has 0 spiro atoms. The van der Waals surface area contributed by atoms with E-state index in [4.69, 9.17) is 0 Å². The normalized spacial score (nSPS) is 13.0. The van der Waals surface area contributed by atoms with Crippen LogP contribution < -0.4 is 0 Å². The van der Waals surface area contributed by atoms with Crippen LogP contribution in [0.25, 0.3) is 0 Å². The van der Waals surface area contributed by atoms with Crippen LogP contribution in [-0.2, 0) is 0 Å². The SMILES string of the molecule is C=CC(O)=C(CC)CCC(C)C. The molecule has 0 unspecified atom stereocenters.